The van der Waals surface area contributed by atoms with Crippen molar-refractivity contribution in [2.45, 2.75) is 18.9 Å². The normalized spacial score (nSPS) is 18.4. The zero-order valence-electron chi connectivity index (χ0n) is 8.43. The van der Waals surface area contributed by atoms with E-state index in [1.54, 1.807) is 6.20 Å². The van der Waals surface area contributed by atoms with E-state index in [2.05, 4.69) is 20.6 Å². The van der Waals surface area contributed by atoms with E-state index < -0.39 is 0 Å². The number of aromatic nitrogens is 4. The summed E-state index contributed by atoms with van der Waals surface area (Å²) in [4.78, 5) is 4.19. The van der Waals surface area contributed by atoms with Crippen LogP contribution in [0.1, 0.15) is 18.9 Å². The van der Waals surface area contributed by atoms with Crippen LogP contribution in [0.3, 0.4) is 0 Å². The SMILES string of the molecule is c1cnc2nnn(C3CCNCC3)c2c1. The van der Waals surface area contributed by atoms with Gasteiger partial charge in [0.05, 0.1) is 6.04 Å². The quantitative estimate of drug-likeness (QED) is 0.743. The molecule has 5 heteroatoms. The Morgan fingerprint density at radius 2 is 2.20 bits per heavy atom. The van der Waals surface area contributed by atoms with Crippen LogP contribution in [0.15, 0.2) is 18.3 Å². The number of hydrogen-bond donors (Lipinski definition) is 1. The molecule has 2 aromatic rings. The van der Waals surface area contributed by atoms with E-state index in [9.17, 15) is 0 Å². The second-order valence-corrected chi connectivity index (χ2v) is 3.86. The van der Waals surface area contributed by atoms with Crippen LogP contribution in [0.25, 0.3) is 11.2 Å². The minimum absolute atomic E-state index is 0.473. The molecule has 0 amide bonds. The van der Waals surface area contributed by atoms with Gasteiger partial charge in [0.1, 0.15) is 5.52 Å². The molecular weight excluding hydrogens is 190 g/mol. The Hall–Kier alpha value is -1.49. The molecule has 1 saturated heterocycles. The summed E-state index contributed by atoms with van der Waals surface area (Å²) in [6.45, 7) is 2.12. The highest BCUT2D eigenvalue weighted by Crippen LogP contribution is 2.21. The Kier molecular flexibility index (Phi) is 2.10. The average Bonchev–Trinajstić information content (AvgIpc) is 2.74. The van der Waals surface area contributed by atoms with Crippen molar-refractivity contribution in [2.24, 2.45) is 0 Å². The molecule has 0 aromatic carbocycles. The highest BCUT2D eigenvalue weighted by atomic mass is 15.4. The van der Waals surface area contributed by atoms with Gasteiger partial charge in [-0.25, -0.2) is 9.67 Å². The van der Waals surface area contributed by atoms with Crippen LogP contribution in [0.5, 0.6) is 0 Å². The first-order chi connectivity index (χ1) is 7.45. The van der Waals surface area contributed by atoms with E-state index in [1.807, 2.05) is 16.8 Å². The van der Waals surface area contributed by atoms with Gasteiger partial charge in [0, 0.05) is 6.20 Å². The van der Waals surface area contributed by atoms with Crippen LogP contribution in [-0.4, -0.2) is 33.1 Å². The molecule has 1 aliphatic heterocycles. The molecule has 0 bridgehead atoms. The summed E-state index contributed by atoms with van der Waals surface area (Å²) in [5.74, 6) is 0. The molecule has 15 heavy (non-hydrogen) atoms. The molecule has 2 aromatic heterocycles. The van der Waals surface area contributed by atoms with Crippen LogP contribution in [-0.2, 0) is 0 Å². The van der Waals surface area contributed by atoms with Gasteiger partial charge in [-0.3, -0.25) is 0 Å². The third-order valence-electron chi connectivity index (χ3n) is 2.90. The van der Waals surface area contributed by atoms with Gasteiger partial charge in [0.25, 0.3) is 0 Å². The van der Waals surface area contributed by atoms with Gasteiger partial charge in [-0.15, -0.1) is 5.10 Å². The molecule has 1 fully saturated rings. The maximum Gasteiger partial charge on any atom is 0.201 e. The van der Waals surface area contributed by atoms with E-state index in [0.29, 0.717) is 6.04 Å². The number of nitrogens with zero attached hydrogens (tertiary/aromatic N) is 4. The second-order valence-electron chi connectivity index (χ2n) is 3.86. The largest absolute Gasteiger partial charge is 0.317 e. The zero-order valence-corrected chi connectivity index (χ0v) is 8.43. The first kappa shape index (κ1) is 8.79. The lowest BCUT2D eigenvalue weighted by molar-refractivity contribution is 0.345. The van der Waals surface area contributed by atoms with E-state index in [-0.39, 0.29) is 0 Å². The molecule has 3 rings (SSSR count). The predicted octanol–water partition coefficient (Wildman–Crippen LogP) is 0.751. The fourth-order valence-corrected chi connectivity index (χ4v) is 2.10. The molecule has 0 spiro atoms. The van der Waals surface area contributed by atoms with Crippen molar-refractivity contribution in [1.82, 2.24) is 25.3 Å². The zero-order chi connectivity index (χ0) is 10.1. The van der Waals surface area contributed by atoms with Crippen molar-refractivity contribution in [3.05, 3.63) is 18.3 Å². The first-order valence-electron chi connectivity index (χ1n) is 5.32. The lowest BCUT2D eigenvalue weighted by atomic mass is 10.1. The number of fused-ring (bicyclic) bond motifs is 1. The van der Waals surface area contributed by atoms with Crippen molar-refractivity contribution < 1.29 is 0 Å². The first-order valence-corrected chi connectivity index (χ1v) is 5.32. The molecule has 0 atom stereocenters. The van der Waals surface area contributed by atoms with Crippen LogP contribution in [0.4, 0.5) is 0 Å². The second kappa shape index (κ2) is 3.58. The van der Waals surface area contributed by atoms with E-state index >= 15 is 0 Å². The summed E-state index contributed by atoms with van der Waals surface area (Å²) in [5.41, 5.74) is 1.79. The topological polar surface area (TPSA) is 55.6 Å². The molecule has 1 aliphatic rings. The molecule has 5 nitrogen and oxygen atoms in total. The highest BCUT2D eigenvalue weighted by Gasteiger charge is 2.18. The minimum Gasteiger partial charge on any atom is -0.317 e. The number of rotatable bonds is 1. The smallest absolute Gasteiger partial charge is 0.201 e. The van der Waals surface area contributed by atoms with Crippen LogP contribution in [0, 0.1) is 0 Å². The molecule has 0 radical (unpaired) electrons. The third-order valence-corrected chi connectivity index (χ3v) is 2.90. The lowest BCUT2D eigenvalue weighted by Gasteiger charge is -2.22. The van der Waals surface area contributed by atoms with Crippen molar-refractivity contribution in [3.8, 4) is 0 Å². The summed E-state index contributed by atoms with van der Waals surface area (Å²) in [5, 5.41) is 11.6. The van der Waals surface area contributed by atoms with Gasteiger partial charge < -0.3 is 5.32 Å². The number of nitrogens with one attached hydrogen (secondary N) is 1. The van der Waals surface area contributed by atoms with Crippen LogP contribution >= 0.6 is 0 Å². The lowest BCUT2D eigenvalue weighted by Crippen LogP contribution is -2.29. The summed E-state index contributed by atoms with van der Waals surface area (Å²) < 4.78 is 2.02. The minimum atomic E-state index is 0.473. The summed E-state index contributed by atoms with van der Waals surface area (Å²) in [7, 11) is 0. The summed E-state index contributed by atoms with van der Waals surface area (Å²) in [6, 6.07) is 4.44. The van der Waals surface area contributed by atoms with Gasteiger partial charge in [-0.1, -0.05) is 5.21 Å². The Morgan fingerprint density at radius 1 is 1.33 bits per heavy atom. The number of pyridine rings is 1. The van der Waals surface area contributed by atoms with Crippen LogP contribution < -0.4 is 5.32 Å². The van der Waals surface area contributed by atoms with Gasteiger partial charge in [0.2, 0.25) is 5.65 Å². The molecule has 0 unspecified atom stereocenters. The Bertz CT molecular complexity index is 458. The van der Waals surface area contributed by atoms with Crippen molar-refractivity contribution in [3.63, 3.8) is 0 Å². The molecule has 3 heterocycles. The third kappa shape index (κ3) is 1.48. The molecule has 0 saturated carbocycles. The van der Waals surface area contributed by atoms with Crippen LogP contribution in [0.2, 0.25) is 0 Å². The van der Waals surface area contributed by atoms with Crippen molar-refractivity contribution in [2.75, 3.05) is 13.1 Å². The van der Waals surface area contributed by atoms with Crippen molar-refractivity contribution >= 4 is 11.2 Å². The maximum atomic E-state index is 4.20. The highest BCUT2D eigenvalue weighted by molar-refractivity contribution is 5.69. The van der Waals surface area contributed by atoms with Gasteiger partial charge in [-0.2, -0.15) is 0 Å². The molecule has 0 aliphatic carbocycles. The average molecular weight is 203 g/mol. The Morgan fingerprint density at radius 3 is 3.07 bits per heavy atom. The Balaban J connectivity index is 2.02. The van der Waals surface area contributed by atoms with E-state index in [4.69, 9.17) is 0 Å². The molecule has 78 valence electrons. The standard InChI is InChI=1S/C10H13N5/c1-2-9-10(12-5-1)13-14-15(9)8-3-6-11-7-4-8/h1-2,5,8,11H,3-4,6-7H2. The number of hydrogen-bond acceptors (Lipinski definition) is 4. The van der Waals surface area contributed by atoms with Crippen molar-refractivity contribution in [1.29, 1.82) is 0 Å². The fraction of sp³-hybridized carbons (Fsp3) is 0.500. The Labute approximate surface area is 87.5 Å². The van der Waals surface area contributed by atoms with Gasteiger partial charge in [-0.05, 0) is 38.1 Å². The van der Waals surface area contributed by atoms with E-state index in [1.165, 1.54) is 0 Å². The van der Waals surface area contributed by atoms with Gasteiger partial charge in [0.15, 0.2) is 0 Å². The summed E-state index contributed by atoms with van der Waals surface area (Å²) >= 11 is 0. The monoisotopic (exact) mass is 203 g/mol. The van der Waals surface area contributed by atoms with E-state index in [0.717, 1.165) is 37.1 Å². The molecular formula is C10H13N5. The maximum absolute atomic E-state index is 4.20. The molecule has 1 N–H and O–H groups in total. The predicted molar refractivity (Wildman–Crippen MR) is 56.5 cm³/mol. The summed E-state index contributed by atoms with van der Waals surface area (Å²) in [6.07, 6.45) is 3.99. The number of piperidine rings is 1. The van der Waals surface area contributed by atoms with Gasteiger partial charge >= 0.3 is 0 Å². The fourth-order valence-electron chi connectivity index (χ4n) is 2.10.